The van der Waals surface area contributed by atoms with Gasteiger partial charge in [-0.05, 0) is 72.0 Å². The number of amides is 1. The molecule has 8 nitrogen and oxygen atoms in total. The van der Waals surface area contributed by atoms with E-state index in [1.807, 2.05) is 0 Å². The molecule has 0 saturated heterocycles. The lowest BCUT2D eigenvalue weighted by Gasteiger charge is -2.28. The predicted octanol–water partition coefficient (Wildman–Crippen LogP) is 4.89. The van der Waals surface area contributed by atoms with Crippen LogP contribution in [0.2, 0.25) is 0 Å². The van der Waals surface area contributed by atoms with Crippen molar-refractivity contribution in [3.63, 3.8) is 0 Å². The van der Waals surface area contributed by atoms with Gasteiger partial charge in [0, 0.05) is 12.4 Å². The molecule has 0 fully saturated rings. The second-order valence-electron chi connectivity index (χ2n) is 7.59. The molecule has 0 bridgehead atoms. The highest BCUT2D eigenvalue weighted by Gasteiger charge is 2.31. The Morgan fingerprint density at radius 1 is 1.06 bits per heavy atom. The number of hydrogen-bond donors (Lipinski definition) is 1. The number of methoxy groups -OCH3 is 1. The van der Waals surface area contributed by atoms with Gasteiger partial charge in [-0.1, -0.05) is 18.2 Å². The van der Waals surface area contributed by atoms with E-state index in [2.05, 4.69) is 4.98 Å². The molecule has 0 unspecified atom stereocenters. The van der Waals surface area contributed by atoms with Crippen LogP contribution in [0.5, 0.6) is 5.75 Å². The minimum Gasteiger partial charge on any atom is -0.497 e. The molecule has 4 rings (SSSR count). The molecule has 1 N–H and O–H groups in total. The second-order valence-corrected chi connectivity index (χ2v) is 10.4. The van der Waals surface area contributed by atoms with Crippen molar-refractivity contribution in [2.75, 3.05) is 16.5 Å². The first-order chi connectivity index (χ1) is 16.8. The van der Waals surface area contributed by atoms with E-state index in [9.17, 15) is 18.4 Å². The minimum absolute atomic E-state index is 0.0305. The van der Waals surface area contributed by atoms with Gasteiger partial charge >= 0.3 is 0 Å². The second kappa shape index (κ2) is 10.3. The van der Waals surface area contributed by atoms with E-state index >= 15 is 0 Å². The molecule has 0 spiro atoms. The summed E-state index contributed by atoms with van der Waals surface area (Å²) in [7, 11) is -2.64. The first-order valence-corrected chi connectivity index (χ1v) is 12.9. The van der Waals surface area contributed by atoms with Crippen LogP contribution in [0.25, 0.3) is 0 Å². The van der Waals surface area contributed by atoms with E-state index < -0.39 is 15.9 Å². The van der Waals surface area contributed by atoms with E-state index in [0.717, 1.165) is 0 Å². The lowest BCUT2D eigenvalue weighted by atomic mass is 10.1. The van der Waals surface area contributed by atoms with Gasteiger partial charge in [-0.3, -0.25) is 19.3 Å². The van der Waals surface area contributed by atoms with E-state index in [-0.39, 0.29) is 22.7 Å². The van der Waals surface area contributed by atoms with Crippen molar-refractivity contribution in [2.24, 2.45) is 0 Å². The van der Waals surface area contributed by atoms with Crippen molar-refractivity contribution in [3.05, 3.63) is 101 Å². The fourth-order valence-corrected chi connectivity index (χ4v) is 5.76. The van der Waals surface area contributed by atoms with Gasteiger partial charge in [0.1, 0.15) is 10.8 Å². The molecular formula is C25H23N3O5S2. The van der Waals surface area contributed by atoms with Gasteiger partial charge in [0.05, 0.1) is 29.8 Å². The number of hydroxylamine groups is 1. The Balaban J connectivity index is 1.87. The molecular weight excluding hydrogens is 486 g/mol. The number of sulfonamides is 1. The molecule has 1 amide bonds. The number of anilines is 2. The number of aromatic nitrogens is 1. The first-order valence-electron chi connectivity index (χ1n) is 10.5. The van der Waals surface area contributed by atoms with Crippen LogP contribution in [0.1, 0.15) is 21.5 Å². The summed E-state index contributed by atoms with van der Waals surface area (Å²) in [6, 6.07) is 17.7. The van der Waals surface area contributed by atoms with Gasteiger partial charge in [0.2, 0.25) is 0 Å². The van der Waals surface area contributed by atoms with E-state index in [1.165, 1.54) is 41.0 Å². The van der Waals surface area contributed by atoms with Gasteiger partial charge in [0.25, 0.3) is 15.9 Å². The SMILES string of the molecule is COc1ccc(S(=O)(=O)N(Cc2cccnc2)c2c(C)cccc2C(=O)N(O)c2cccs2)cc1. The normalized spacial score (nSPS) is 11.2. The number of benzene rings is 2. The van der Waals surface area contributed by atoms with Crippen LogP contribution in [-0.4, -0.2) is 31.6 Å². The van der Waals surface area contributed by atoms with Crippen molar-refractivity contribution in [3.8, 4) is 5.75 Å². The Morgan fingerprint density at radius 3 is 2.46 bits per heavy atom. The van der Waals surface area contributed by atoms with Crippen molar-refractivity contribution in [1.82, 2.24) is 4.98 Å². The summed E-state index contributed by atoms with van der Waals surface area (Å²) in [4.78, 5) is 17.5. The third-order valence-electron chi connectivity index (χ3n) is 5.32. The monoisotopic (exact) mass is 509 g/mol. The molecule has 35 heavy (non-hydrogen) atoms. The van der Waals surface area contributed by atoms with E-state index in [0.29, 0.717) is 26.9 Å². The number of carbonyl (C=O) groups excluding carboxylic acids is 1. The summed E-state index contributed by atoms with van der Waals surface area (Å²) in [5.74, 6) is -0.228. The van der Waals surface area contributed by atoms with Crippen LogP contribution in [-0.2, 0) is 16.6 Å². The van der Waals surface area contributed by atoms with Crippen LogP contribution in [0.15, 0.2) is 89.4 Å². The van der Waals surface area contributed by atoms with Crippen molar-refractivity contribution >= 4 is 38.0 Å². The van der Waals surface area contributed by atoms with Crippen molar-refractivity contribution in [2.45, 2.75) is 18.4 Å². The molecule has 4 aromatic rings. The van der Waals surface area contributed by atoms with Gasteiger partial charge in [-0.25, -0.2) is 8.42 Å². The zero-order valence-corrected chi connectivity index (χ0v) is 20.7. The summed E-state index contributed by atoms with van der Waals surface area (Å²) in [5, 5.41) is 13.2. The summed E-state index contributed by atoms with van der Waals surface area (Å²) in [6.45, 7) is 1.65. The Bertz CT molecular complexity index is 1410. The maximum Gasteiger partial charge on any atom is 0.284 e. The van der Waals surface area contributed by atoms with Crippen molar-refractivity contribution in [1.29, 1.82) is 0 Å². The molecule has 0 radical (unpaired) electrons. The molecule has 0 aliphatic carbocycles. The summed E-state index contributed by atoms with van der Waals surface area (Å²) in [6.07, 6.45) is 3.17. The zero-order chi connectivity index (χ0) is 25.0. The maximum absolute atomic E-state index is 13.9. The molecule has 0 saturated carbocycles. The Morgan fingerprint density at radius 2 is 1.83 bits per heavy atom. The minimum atomic E-state index is -4.14. The standard InChI is InChI=1S/C25H23N3O5S2/c1-18-6-3-8-22(25(29)28(30)23-9-5-15-34-23)24(18)27(17-19-7-4-14-26-16-19)35(31,32)21-12-10-20(33-2)11-13-21/h3-16,30H,17H2,1-2H3. The lowest BCUT2D eigenvalue weighted by molar-refractivity contribution is 0.0858. The topological polar surface area (TPSA) is 100 Å². The molecule has 0 aliphatic heterocycles. The third-order valence-corrected chi connectivity index (χ3v) is 7.92. The van der Waals surface area contributed by atoms with Crippen molar-refractivity contribution < 1.29 is 23.2 Å². The molecule has 0 atom stereocenters. The first kappa shape index (κ1) is 24.4. The Labute approximate surface area is 207 Å². The van der Waals surface area contributed by atoms with Gasteiger partial charge in [-0.2, -0.15) is 5.06 Å². The van der Waals surface area contributed by atoms with Gasteiger partial charge in [-0.15, -0.1) is 11.3 Å². The number of ether oxygens (including phenoxy) is 1. The van der Waals surface area contributed by atoms with Gasteiger partial charge < -0.3 is 4.74 Å². The number of nitrogens with zero attached hydrogens (tertiary/aromatic N) is 3. The molecule has 10 heteroatoms. The third kappa shape index (κ3) is 5.04. The summed E-state index contributed by atoms with van der Waals surface area (Å²) >= 11 is 1.18. The fraction of sp³-hybridized carbons (Fsp3) is 0.120. The van der Waals surface area contributed by atoms with E-state index in [1.54, 1.807) is 73.2 Å². The Kier molecular flexibility index (Phi) is 7.15. The molecule has 2 aromatic heterocycles. The number of para-hydroxylation sites is 1. The van der Waals surface area contributed by atoms with E-state index in [4.69, 9.17) is 4.74 Å². The fourth-order valence-electron chi connectivity index (χ4n) is 3.58. The molecule has 0 aliphatic rings. The quantitative estimate of drug-likeness (QED) is 0.268. The predicted molar refractivity (Wildman–Crippen MR) is 135 cm³/mol. The average Bonchev–Trinajstić information content (AvgIpc) is 3.42. The number of thiophene rings is 1. The van der Waals surface area contributed by atoms with Crippen LogP contribution in [0.4, 0.5) is 10.7 Å². The average molecular weight is 510 g/mol. The summed E-state index contributed by atoms with van der Waals surface area (Å²) < 4.78 is 34.2. The number of pyridine rings is 1. The smallest absolute Gasteiger partial charge is 0.284 e. The summed E-state index contributed by atoms with van der Waals surface area (Å²) in [5.41, 5.74) is 1.40. The highest BCUT2D eigenvalue weighted by Crippen LogP contribution is 2.34. The Hall–Kier alpha value is -3.73. The highest BCUT2D eigenvalue weighted by molar-refractivity contribution is 7.92. The maximum atomic E-state index is 13.9. The number of carbonyl (C=O) groups is 1. The van der Waals surface area contributed by atoms with Crippen LogP contribution in [0, 0.1) is 6.92 Å². The number of hydrogen-bond acceptors (Lipinski definition) is 7. The lowest BCUT2D eigenvalue weighted by Crippen LogP contribution is -2.35. The molecule has 180 valence electrons. The largest absolute Gasteiger partial charge is 0.497 e. The molecule has 2 heterocycles. The van der Waals surface area contributed by atoms with Crippen LogP contribution in [0.3, 0.4) is 0 Å². The molecule has 2 aromatic carbocycles. The number of aryl methyl sites for hydroxylation is 1. The van der Waals surface area contributed by atoms with Gasteiger partial charge in [0.15, 0.2) is 0 Å². The zero-order valence-electron chi connectivity index (χ0n) is 19.0. The van der Waals surface area contributed by atoms with Crippen LogP contribution >= 0.6 is 11.3 Å². The van der Waals surface area contributed by atoms with Crippen LogP contribution < -0.4 is 14.1 Å². The highest BCUT2D eigenvalue weighted by atomic mass is 32.2. The number of rotatable bonds is 8.